The van der Waals surface area contributed by atoms with Crippen LogP contribution in [0.15, 0.2) is 60.7 Å². The zero-order valence-electron chi connectivity index (χ0n) is 14.0. The molecule has 3 aromatic rings. The van der Waals surface area contributed by atoms with E-state index in [1.807, 2.05) is 24.3 Å². The Balaban J connectivity index is 1.71. The van der Waals surface area contributed by atoms with Crippen LogP contribution in [0, 0.1) is 0 Å². The lowest BCUT2D eigenvalue weighted by atomic mass is 9.88. The molecule has 0 amide bonds. The number of rotatable bonds is 2. The van der Waals surface area contributed by atoms with E-state index in [4.69, 9.17) is 0 Å². The van der Waals surface area contributed by atoms with Gasteiger partial charge in [-0.25, -0.2) is 0 Å². The maximum atomic E-state index is 12.8. The summed E-state index contributed by atoms with van der Waals surface area (Å²) in [4.78, 5) is 12.8. The highest BCUT2D eigenvalue weighted by Gasteiger charge is 2.27. The maximum absolute atomic E-state index is 12.8. The highest BCUT2D eigenvalue weighted by atomic mass is 16.1. The fourth-order valence-corrected chi connectivity index (χ4v) is 3.53. The average Bonchev–Trinajstić information content (AvgIpc) is 2.61. The van der Waals surface area contributed by atoms with Crippen molar-refractivity contribution in [3.8, 4) is 0 Å². The van der Waals surface area contributed by atoms with Crippen LogP contribution >= 0.6 is 0 Å². The summed E-state index contributed by atoms with van der Waals surface area (Å²) in [5.74, 6) is 0.741. The second-order valence-corrected chi connectivity index (χ2v) is 6.85. The third-order valence-corrected chi connectivity index (χ3v) is 4.93. The molecule has 0 saturated carbocycles. The zero-order chi connectivity index (χ0) is 16.7. The molecule has 0 spiro atoms. The summed E-state index contributed by atoms with van der Waals surface area (Å²) >= 11 is 0. The van der Waals surface area contributed by atoms with E-state index in [2.05, 4.69) is 55.6 Å². The van der Waals surface area contributed by atoms with E-state index in [1.54, 1.807) is 0 Å². The first kappa shape index (κ1) is 14.9. The normalized spacial score (nSPS) is 17.0. The van der Waals surface area contributed by atoms with Gasteiger partial charge in [-0.05, 0) is 33.9 Å². The number of nitrogens with one attached hydrogen (secondary N) is 1. The van der Waals surface area contributed by atoms with Crippen LogP contribution in [-0.2, 0) is 0 Å². The number of hydrogen-bond acceptors (Lipinski definition) is 2. The maximum Gasteiger partial charge on any atom is 0.167 e. The molecular formula is C22H21NO. The summed E-state index contributed by atoms with van der Waals surface area (Å²) in [5, 5.41) is 5.72. The lowest BCUT2D eigenvalue weighted by molar-refractivity contribution is 0.0974. The Morgan fingerprint density at radius 2 is 1.71 bits per heavy atom. The first-order valence-corrected chi connectivity index (χ1v) is 8.55. The molecule has 0 radical (unpaired) electrons. The Hall–Kier alpha value is -2.61. The van der Waals surface area contributed by atoms with Crippen LogP contribution in [0.25, 0.3) is 10.8 Å². The molecule has 2 nitrogen and oxygen atoms in total. The summed E-state index contributed by atoms with van der Waals surface area (Å²) in [7, 11) is 0. The Bertz CT molecular complexity index is 909. The van der Waals surface area contributed by atoms with Gasteiger partial charge in [-0.2, -0.15) is 0 Å². The van der Waals surface area contributed by atoms with Crippen molar-refractivity contribution in [1.82, 2.24) is 0 Å². The van der Waals surface area contributed by atoms with Gasteiger partial charge in [0.1, 0.15) is 0 Å². The van der Waals surface area contributed by atoms with Crippen LogP contribution in [0.3, 0.4) is 0 Å². The molecule has 1 N–H and O–H groups in total. The van der Waals surface area contributed by atoms with Crippen molar-refractivity contribution in [3.05, 3.63) is 77.4 Å². The predicted octanol–water partition coefficient (Wildman–Crippen LogP) is 5.70. The minimum absolute atomic E-state index is 0.0485. The Morgan fingerprint density at radius 1 is 0.958 bits per heavy atom. The van der Waals surface area contributed by atoms with Crippen molar-refractivity contribution < 1.29 is 4.79 Å². The molecule has 4 rings (SSSR count). The molecule has 0 aliphatic carbocycles. The van der Waals surface area contributed by atoms with Gasteiger partial charge in [-0.3, -0.25) is 4.79 Å². The first-order chi connectivity index (χ1) is 11.6. The Labute approximate surface area is 142 Å². The van der Waals surface area contributed by atoms with Gasteiger partial charge >= 0.3 is 0 Å². The van der Waals surface area contributed by atoms with Crippen LogP contribution in [0.2, 0.25) is 0 Å². The van der Waals surface area contributed by atoms with Gasteiger partial charge in [0.05, 0.1) is 6.04 Å². The van der Waals surface area contributed by atoms with Crippen LogP contribution in [0.5, 0.6) is 0 Å². The third-order valence-electron chi connectivity index (χ3n) is 4.93. The van der Waals surface area contributed by atoms with Gasteiger partial charge in [0.15, 0.2) is 5.78 Å². The SMILES string of the molecule is CC(C)c1ccc(C2CC(=O)c3c(ccc4ccccc34)N2)cc1. The van der Waals surface area contributed by atoms with Crippen LogP contribution in [0.4, 0.5) is 5.69 Å². The van der Waals surface area contributed by atoms with E-state index in [0.29, 0.717) is 12.3 Å². The van der Waals surface area contributed by atoms with Gasteiger partial charge in [0.25, 0.3) is 0 Å². The van der Waals surface area contributed by atoms with Crippen molar-refractivity contribution in [1.29, 1.82) is 0 Å². The largest absolute Gasteiger partial charge is 0.377 e. The number of benzene rings is 3. The number of hydrogen-bond donors (Lipinski definition) is 1. The zero-order valence-corrected chi connectivity index (χ0v) is 14.0. The molecule has 2 heteroatoms. The quantitative estimate of drug-likeness (QED) is 0.657. The molecule has 0 fully saturated rings. The topological polar surface area (TPSA) is 29.1 Å². The summed E-state index contributed by atoms with van der Waals surface area (Å²) in [6, 6.07) is 20.9. The van der Waals surface area contributed by atoms with E-state index in [0.717, 1.165) is 22.0 Å². The smallest absolute Gasteiger partial charge is 0.167 e. The van der Waals surface area contributed by atoms with E-state index in [9.17, 15) is 4.79 Å². The fourth-order valence-electron chi connectivity index (χ4n) is 3.53. The van der Waals surface area contributed by atoms with E-state index in [1.165, 1.54) is 11.1 Å². The monoisotopic (exact) mass is 315 g/mol. The third kappa shape index (κ3) is 2.48. The molecule has 3 aromatic carbocycles. The molecule has 1 unspecified atom stereocenters. The van der Waals surface area contributed by atoms with Crippen LogP contribution in [0.1, 0.15) is 53.7 Å². The molecule has 1 aliphatic heterocycles. The molecule has 0 aromatic heterocycles. The number of ketones is 1. The number of carbonyl (C=O) groups is 1. The van der Waals surface area contributed by atoms with Crippen molar-refractivity contribution in [2.75, 3.05) is 5.32 Å². The van der Waals surface area contributed by atoms with Crippen molar-refractivity contribution >= 4 is 22.2 Å². The minimum atomic E-state index is 0.0485. The Kier molecular flexibility index (Phi) is 3.61. The fraction of sp³-hybridized carbons (Fsp3) is 0.227. The van der Waals surface area contributed by atoms with Gasteiger partial charge in [-0.15, -0.1) is 0 Å². The highest BCUT2D eigenvalue weighted by Crippen LogP contribution is 2.36. The first-order valence-electron chi connectivity index (χ1n) is 8.55. The molecule has 1 heterocycles. The number of Topliss-reactive ketones (excluding diaryl/α,β-unsaturated/α-hetero) is 1. The molecule has 0 saturated heterocycles. The summed E-state index contributed by atoms with van der Waals surface area (Å²) in [6.07, 6.45) is 0.502. The number of anilines is 1. The molecule has 24 heavy (non-hydrogen) atoms. The van der Waals surface area contributed by atoms with Gasteiger partial charge in [-0.1, -0.05) is 68.4 Å². The number of fused-ring (bicyclic) bond motifs is 3. The van der Waals surface area contributed by atoms with Gasteiger partial charge in [0, 0.05) is 17.7 Å². The minimum Gasteiger partial charge on any atom is -0.377 e. The summed E-state index contributed by atoms with van der Waals surface area (Å²) in [5.41, 5.74) is 4.28. The van der Waals surface area contributed by atoms with E-state index < -0.39 is 0 Å². The molecule has 120 valence electrons. The van der Waals surface area contributed by atoms with Crippen molar-refractivity contribution in [2.45, 2.75) is 32.2 Å². The van der Waals surface area contributed by atoms with Crippen LogP contribution < -0.4 is 5.32 Å². The Morgan fingerprint density at radius 3 is 2.46 bits per heavy atom. The summed E-state index contributed by atoms with van der Waals surface area (Å²) < 4.78 is 0. The lowest BCUT2D eigenvalue weighted by Crippen LogP contribution is -2.23. The predicted molar refractivity (Wildman–Crippen MR) is 99.8 cm³/mol. The van der Waals surface area contributed by atoms with E-state index in [-0.39, 0.29) is 11.8 Å². The number of carbonyl (C=O) groups excluding carboxylic acids is 1. The van der Waals surface area contributed by atoms with Crippen LogP contribution in [-0.4, -0.2) is 5.78 Å². The average molecular weight is 315 g/mol. The second-order valence-electron chi connectivity index (χ2n) is 6.85. The molecular weight excluding hydrogens is 294 g/mol. The lowest BCUT2D eigenvalue weighted by Gasteiger charge is -2.27. The molecule has 1 aliphatic rings. The van der Waals surface area contributed by atoms with Gasteiger partial charge < -0.3 is 5.32 Å². The molecule has 0 bridgehead atoms. The molecule has 1 atom stereocenters. The van der Waals surface area contributed by atoms with Crippen molar-refractivity contribution in [3.63, 3.8) is 0 Å². The second kappa shape index (κ2) is 5.79. The van der Waals surface area contributed by atoms with E-state index >= 15 is 0 Å². The summed E-state index contributed by atoms with van der Waals surface area (Å²) in [6.45, 7) is 4.39. The van der Waals surface area contributed by atoms with Crippen molar-refractivity contribution in [2.24, 2.45) is 0 Å². The standard InChI is InChI=1S/C22H21NO/c1-14(2)15-7-9-17(10-8-15)20-13-21(24)22-18-6-4-3-5-16(18)11-12-19(22)23-20/h3-12,14,20,23H,13H2,1-2H3. The highest BCUT2D eigenvalue weighted by molar-refractivity contribution is 6.14. The van der Waals surface area contributed by atoms with Gasteiger partial charge in [0.2, 0.25) is 0 Å².